The molecule has 1 atom stereocenters. The first kappa shape index (κ1) is 16.6. The lowest BCUT2D eigenvalue weighted by molar-refractivity contribution is 0.0793. The van der Waals surface area contributed by atoms with Crippen molar-refractivity contribution in [2.24, 2.45) is 0 Å². The van der Waals surface area contributed by atoms with Crippen LogP contribution in [0.1, 0.15) is 48.4 Å². The van der Waals surface area contributed by atoms with Gasteiger partial charge in [-0.05, 0) is 54.9 Å². The molecule has 3 heteroatoms. The molecule has 2 aromatic rings. The lowest BCUT2D eigenvalue weighted by Crippen LogP contribution is -2.35. The molecule has 1 fully saturated rings. The topological polar surface area (TPSA) is 35.5 Å². The Morgan fingerprint density at radius 1 is 0.960 bits per heavy atom. The van der Waals surface area contributed by atoms with Crippen LogP contribution in [0.5, 0.6) is 0 Å². The van der Waals surface area contributed by atoms with Crippen LogP contribution in [-0.4, -0.2) is 29.2 Å². The van der Waals surface area contributed by atoms with E-state index in [-0.39, 0.29) is 6.10 Å². The van der Waals surface area contributed by atoms with E-state index < -0.39 is 0 Å². The van der Waals surface area contributed by atoms with Gasteiger partial charge in [-0.2, -0.15) is 0 Å². The highest BCUT2D eigenvalue weighted by atomic mass is 16.3. The third kappa shape index (κ3) is 3.88. The summed E-state index contributed by atoms with van der Waals surface area (Å²) in [6, 6.07) is 18.0. The van der Waals surface area contributed by atoms with E-state index in [2.05, 4.69) is 58.7 Å². The number of aliphatic hydroxyl groups excluding tert-OH is 1. The fourth-order valence-corrected chi connectivity index (χ4v) is 4.21. The van der Waals surface area contributed by atoms with Crippen molar-refractivity contribution in [1.82, 2.24) is 4.90 Å². The van der Waals surface area contributed by atoms with E-state index in [1.165, 1.54) is 41.6 Å². The molecule has 2 N–H and O–H groups in total. The van der Waals surface area contributed by atoms with E-state index in [9.17, 15) is 5.11 Å². The molecule has 1 aliphatic heterocycles. The molecule has 0 bridgehead atoms. The van der Waals surface area contributed by atoms with Gasteiger partial charge in [-0.15, -0.1) is 0 Å². The lowest BCUT2D eigenvalue weighted by atomic mass is 9.87. The van der Waals surface area contributed by atoms with Crippen LogP contribution in [0.3, 0.4) is 0 Å². The third-order valence-electron chi connectivity index (χ3n) is 5.67. The van der Waals surface area contributed by atoms with Gasteiger partial charge in [0.25, 0.3) is 0 Å². The maximum atomic E-state index is 9.72. The van der Waals surface area contributed by atoms with E-state index in [4.69, 9.17) is 0 Å². The largest absolute Gasteiger partial charge is 0.393 e. The monoisotopic (exact) mass is 336 g/mol. The number of nitrogens with zero attached hydrogens (tertiary/aromatic N) is 1. The average Bonchev–Trinajstić information content (AvgIpc) is 2.65. The van der Waals surface area contributed by atoms with Crippen LogP contribution in [0, 0.1) is 0 Å². The van der Waals surface area contributed by atoms with Gasteiger partial charge in [-0.25, -0.2) is 0 Å². The first-order chi connectivity index (χ1) is 12.3. The third-order valence-corrected chi connectivity index (χ3v) is 5.67. The molecular weight excluding hydrogens is 308 g/mol. The molecule has 1 unspecified atom stereocenters. The molecule has 1 heterocycles. The fraction of sp³-hybridized carbons (Fsp3) is 0.455. The smallest absolute Gasteiger partial charge is 0.0564 e. The minimum absolute atomic E-state index is 0.108. The van der Waals surface area contributed by atoms with Crippen LogP contribution in [0.25, 0.3) is 0 Å². The second-order valence-electron chi connectivity index (χ2n) is 7.45. The second-order valence-corrected chi connectivity index (χ2v) is 7.45. The van der Waals surface area contributed by atoms with Gasteiger partial charge in [0.15, 0.2) is 0 Å². The van der Waals surface area contributed by atoms with Crippen LogP contribution in [0.4, 0.5) is 5.69 Å². The van der Waals surface area contributed by atoms with Gasteiger partial charge in [-0.3, -0.25) is 4.90 Å². The summed E-state index contributed by atoms with van der Waals surface area (Å²) < 4.78 is 0. The maximum Gasteiger partial charge on any atom is 0.0564 e. The summed E-state index contributed by atoms with van der Waals surface area (Å²) in [5.74, 6) is 0. The highest BCUT2D eigenvalue weighted by Crippen LogP contribution is 2.33. The van der Waals surface area contributed by atoms with E-state index in [0.29, 0.717) is 6.04 Å². The van der Waals surface area contributed by atoms with Gasteiger partial charge in [0.05, 0.1) is 12.1 Å². The van der Waals surface area contributed by atoms with Gasteiger partial charge in [-0.1, -0.05) is 42.5 Å². The number of hydrogen-bond donors (Lipinski definition) is 2. The number of likely N-dealkylation sites (tertiary alicyclic amines) is 1. The molecule has 0 amide bonds. The molecule has 1 saturated heterocycles. The molecule has 25 heavy (non-hydrogen) atoms. The summed E-state index contributed by atoms with van der Waals surface area (Å²) in [6.07, 6.45) is 5.33. The van der Waals surface area contributed by atoms with Crippen molar-refractivity contribution in [2.45, 2.75) is 50.8 Å². The fourth-order valence-electron chi connectivity index (χ4n) is 4.21. The maximum absolute atomic E-state index is 9.72. The molecule has 2 aliphatic rings. The van der Waals surface area contributed by atoms with Crippen LogP contribution < -0.4 is 5.32 Å². The Hall–Kier alpha value is -1.84. The van der Waals surface area contributed by atoms with Crippen LogP contribution in [-0.2, 0) is 13.0 Å². The minimum Gasteiger partial charge on any atom is -0.393 e. The Balaban J connectivity index is 1.50. The van der Waals surface area contributed by atoms with Crippen LogP contribution in [0.15, 0.2) is 48.5 Å². The summed E-state index contributed by atoms with van der Waals surface area (Å²) in [5.41, 5.74) is 5.58. The lowest BCUT2D eigenvalue weighted by Gasteiger charge is -2.31. The summed E-state index contributed by atoms with van der Waals surface area (Å²) in [5, 5.41) is 13.5. The molecule has 0 radical (unpaired) electrons. The Morgan fingerprint density at radius 2 is 1.72 bits per heavy atom. The number of aliphatic hydroxyl groups is 1. The molecule has 3 nitrogen and oxygen atoms in total. The number of rotatable bonds is 4. The van der Waals surface area contributed by atoms with Crippen LogP contribution >= 0.6 is 0 Å². The van der Waals surface area contributed by atoms with Gasteiger partial charge < -0.3 is 10.4 Å². The molecule has 0 spiro atoms. The van der Waals surface area contributed by atoms with Gasteiger partial charge in [0, 0.05) is 25.3 Å². The first-order valence-electron chi connectivity index (χ1n) is 9.62. The van der Waals surface area contributed by atoms with Crippen molar-refractivity contribution in [3.8, 4) is 0 Å². The predicted molar refractivity (Wildman–Crippen MR) is 103 cm³/mol. The van der Waals surface area contributed by atoms with Crippen molar-refractivity contribution in [3.63, 3.8) is 0 Å². The van der Waals surface area contributed by atoms with Gasteiger partial charge >= 0.3 is 0 Å². The van der Waals surface area contributed by atoms with Crippen molar-refractivity contribution in [2.75, 3.05) is 18.4 Å². The number of hydrogen-bond acceptors (Lipinski definition) is 3. The number of para-hydroxylation sites is 1. The molecule has 4 rings (SSSR count). The SMILES string of the molecule is OC1CCN(Cc2ccccc2NC2CCCc3ccccc32)CC1. The van der Waals surface area contributed by atoms with E-state index in [1.807, 2.05) is 0 Å². The molecule has 1 aliphatic carbocycles. The van der Waals surface area contributed by atoms with Gasteiger partial charge in [0.2, 0.25) is 0 Å². The Morgan fingerprint density at radius 3 is 2.60 bits per heavy atom. The number of aryl methyl sites for hydroxylation is 1. The van der Waals surface area contributed by atoms with E-state index in [1.54, 1.807) is 0 Å². The van der Waals surface area contributed by atoms with Gasteiger partial charge in [0.1, 0.15) is 0 Å². The quantitative estimate of drug-likeness (QED) is 0.881. The number of nitrogens with one attached hydrogen (secondary N) is 1. The Labute approximate surface area is 150 Å². The highest BCUT2D eigenvalue weighted by Gasteiger charge is 2.21. The standard InChI is InChI=1S/C22H28N2O/c25-19-12-14-24(15-13-19)16-18-7-2-4-10-21(18)23-22-11-5-8-17-6-1-3-9-20(17)22/h1-4,6-7,9-10,19,22-23,25H,5,8,11-16H2. The Bertz CT molecular complexity index is 707. The van der Waals surface area contributed by atoms with Crippen molar-refractivity contribution < 1.29 is 5.11 Å². The Kier molecular flexibility index (Phi) is 5.04. The van der Waals surface area contributed by atoms with E-state index >= 15 is 0 Å². The average molecular weight is 336 g/mol. The zero-order valence-corrected chi connectivity index (χ0v) is 14.8. The van der Waals surface area contributed by atoms with E-state index in [0.717, 1.165) is 32.5 Å². The molecular formula is C22H28N2O. The molecule has 2 aromatic carbocycles. The number of benzene rings is 2. The second kappa shape index (κ2) is 7.59. The van der Waals surface area contributed by atoms with Crippen LogP contribution in [0.2, 0.25) is 0 Å². The predicted octanol–water partition coefficient (Wildman–Crippen LogP) is 4.13. The molecule has 0 saturated carbocycles. The van der Waals surface area contributed by atoms with Crippen molar-refractivity contribution in [3.05, 3.63) is 65.2 Å². The number of anilines is 1. The minimum atomic E-state index is -0.108. The van der Waals surface area contributed by atoms with Crippen molar-refractivity contribution >= 4 is 5.69 Å². The molecule has 132 valence electrons. The molecule has 0 aromatic heterocycles. The highest BCUT2D eigenvalue weighted by molar-refractivity contribution is 5.53. The number of piperidine rings is 1. The first-order valence-corrected chi connectivity index (χ1v) is 9.62. The zero-order valence-electron chi connectivity index (χ0n) is 14.8. The number of fused-ring (bicyclic) bond motifs is 1. The summed E-state index contributed by atoms with van der Waals surface area (Å²) in [7, 11) is 0. The normalized spacial score (nSPS) is 21.7. The zero-order chi connectivity index (χ0) is 17.1. The summed E-state index contributed by atoms with van der Waals surface area (Å²) in [6.45, 7) is 2.94. The summed E-state index contributed by atoms with van der Waals surface area (Å²) in [4.78, 5) is 2.46. The van der Waals surface area contributed by atoms with Crippen molar-refractivity contribution in [1.29, 1.82) is 0 Å². The summed E-state index contributed by atoms with van der Waals surface area (Å²) >= 11 is 0.